The number of nitrogens with zero attached hydrogens (tertiary/aromatic N) is 1. The lowest BCUT2D eigenvalue weighted by Crippen LogP contribution is -2.14. The topological polar surface area (TPSA) is 68.3 Å². The van der Waals surface area contributed by atoms with Crippen LogP contribution in [-0.2, 0) is 27.4 Å². The smallest absolute Gasteiger partial charge is 0.307 e. The summed E-state index contributed by atoms with van der Waals surface area (Å²) in [6, 6.07) is 13.7. The van der Waals surface area contributed by atoms with Gasteiger partial charge in [0, 0.05) is 21.7 Å². The third-order valence-corrected chi connectivity index (χ3v) is 5.93. The number of benzene rings is 2. The number of hydrogen-bond donors (Lipinski definition) is 1. The maximum Gasteiger partial charge on any atom is 0.307 e. The molecule has 0 spiro atoms. The SMILES string of the molecule is Cc1ccc(NC(=O)Cc2nc(COC(=O)CCSc3ccc(F)cc3)cs2)cc1. The predicted molar refractivity (Wildman–Crippen MR) is 117 cm³/mol. The van der Waals surface area contributed by atoms with Crippen molar-refractivity contribution >= 4 is 40.7 Å². The first-order valence-electron chi connectivity index (χ1n) is 9.32. The molecule has 8 heteroatoms. The molecular formula is C22H21FN2O3S2. The molecule has 1 amide bonds. The van der Waals surface area contributed by atoms with E-state index in [1.165, 1.54) is 35.2 Å². The van der Waals surface area contributed by atoms with Crippen LogP contribution in [0.15, 0.2) is 58.8 Å². The molecule has 1 N–H and O–H groups in total. The summed E-state index contributed by atoms with van der Waals surface area (Å²) >= 11 is 2.83. The zero-order valence-electron chi connectivity index (χ0n) is 16.4. The number of nitrogens with one attached hydrogen (secondary N) is 1. The molecule has 1 aromatic heterocycles. The van der Waals surface area contributed by atoms with Crippen LogP contribution in [0.1, 0.15) is 22.7 Å². The Balaban J connectivity index is 1.37. The van der Waals surface area contributed by atoms with Gasteiger partial charge in [0.2, 0.25) is 5.91 Å². The highest BCUT2D eigenvalue weighted by molar-refractivity contribution is 7.99. The molecule has 1 heterocycles. The first-order valence-corrected chi connectivity index (χ1v) is 11.2. The Labute approximate surface area is 182 Å². The van der Waals surface area contributed by atoms with E-state index in [1.807, 2.05) is 31.2 Å². The van der Waals surface area contributed by atoms with E-state index in [9.17, 15) is 14.0 Å². The highest BCUT2D eigenvalue weighted by Gasteiger charge is 2.10. The molecule has 0 atom stereocenters. The number of hydrogen-bond acceptors (Lipinski definition) is 6. The van der Waals surface area contributed by atoms with Crippen molar-refractivity contribution in [2.45, 2.75) is 31.3 Å². The predicted octanol–water partition coefficient (Wildman–Crippen LogP) is 5.00. The Morgan fingerprint density at radius 3 is 2.60 bits per heavy atom. The second-order valence-electron chi connectivity index (χ2n) is 6.54. The van der Waals surface area contributed by atoms with Crippen LogP contribution in [0, 0.1) is 12.7 Å². The lowest BCUT2D eigenvalue weighted by molar-refractivity contribution is -0.144. The van der Waals surface area contributed by atoms with Crippen molar-refractivity contribution in [3.8, 4) is 0 Å². The first kappa shape index (κ1) is 22.0. The van der Waals surface area contributed by atoms with Gasteiger partial charge >= 0.3 is 5.97 Å². The average Bonchev–Trinajstić information content (AvgIpc) is 3.17. The number of carbonyl (C=O) groups is 2. The van der Waals surface area contributed by atoms with Gasteiger partial charge < -0.3 is 10.1 Å². The lowest BCUT2D eigenvalue weighted by atomic mass is 10.2. The monoisotopic (exact) mass is 444 g/mol. The standard InChI is InChI=1S/C22H21FN2O3S2/c1-15-2-6-17(7-3-15)24-20(26)12-21-25-18(14-30-21)13-28-22(27)10-11-29-19-8-4-16(23)5-9-19/h2-9,14H,10-13H2,1H3,(H,24,26). The molecular weight excluding hydrogens is 423 g/mol. The fraction of sp³-hybridized carbons (Fsp3) is 0.227. The number of aromatic nitrogens is 1. The summed E-state index contributed by atoms with van der Waals surface area (Å²) in [6.45, 7) is 2.07. The molecule has 0 radical (unpaired) electrons. The summed E-state index contributed by atoms with van der Waals surface area (Å²) in [4.78, 5) is 29.3. The Kier molecular flexibility index (Phi) is 7.98. The quantitative estimate of drug-likeness (QED) is 0.372. The summed E-state index contributed by atoms with van der Waals surface area (Å²) in [5.41, 5.74) is 2.49. The number of amides is 1. The van der Waals surface area contributed by atoms with Gasteiger partial charge in [0.15, 0.2) is 0 Å². The number of carbonyl (C=O) groups excluding carboxylic acids is 2. The van der Waals surface area contributed by atoms with E-state index in [-0.39, 0.29) is 37.1 Å². The molecule has 30 heavy (non-hydrogen) atoms. The van der Waals surface area contributed by atoms with Crippen LogP contribution in [0.25, 0.3) is 0 Å². The van der Waals surface area contributed by atoms with Crippen molar-refractivity contribution in [1.29, 1.82) is 0 Å². The van der Waals surface area contributed by atoms with Gasteiger partial charge in [0.25, 0.3) is 0 Å². The van der Waals surface area contributed by atoms with Crippen LogP contribution in [0.2, 0.25) is 0 Å². The molecule has 0 saturated carbocycles. The van der Waals surface area contributed by atoms with E-state index in [1.54, 1.807) is 17.5 Å². The van der Waals surface area contributed by atoms with Crippen molar-refractivity contribution in [2.24, 2.45) is 0 Å². The molecule has 0 bridgehead atoms. The second-order valence-corrected chi connectivity index (χ2v) is 8.65. The van der Waals surface area contributed by atoms with Gasteiger partial charge in [-0.3, -0.25) is 9.59 Å². The summed E-state index contributed by atoms with van der Waals surface area (Å²) in [6.07, 6.45) is 0.415. The third kappa shape index (κ3) is 7.27. The van der Waals surface area contributed by atoms with E-state index < -0.39 is 0 Å². The molecule has 0 aliphatic rings. The summed E-state index contributed by atoms with van der Waals surface area (Å²) < 4.78 is 18.1. The summed E-state index contributed by atoms with van der Waals surface area (Å²) in [7, 11) is 0. The van der Waals surface area contributed by atoms with Gasteiger partial charge in [-0.05, 0) is 43.3 Å². The van der Waals surface area contributed by atoms with Gasteiger partial charge in [0.1, 0.15) is 17.4 Å². The van der Waals surface area contributed by atoms with E-state index in [0.29, 0.717) is 16.5 Å². The molecule has 0 fully saturated rings. The van der Waals surface area contributed by atoms with Crippen molar-refractivity contribution in [3.05, 3.63) is 76.0 Å². The highest BCUT2D eigenvalue weighted by atomic mass is 32.2. The number of anilines is 1. The Morgan fingerprint density at radius 2 is 1.87 bits per heavy atom. The van der Waals surface area contributed by atoms with Gasteiger partial charge in [0.05, 0.1) is 18.5 Å². The number of thioether (sulfide) groups is 1. The summed E-state index contributed by atoms with van der Waals surface area (Å²) in [5.74, 6) is -0.203. The summed E-state index contributed by atoms with van der Waals surface area (Å²) in [5, 5.41) is 5.29. The fourth-order valence-corrected chi connectivity index (χ4v) is 4.10. The van der Waals surface area contributed by atoms with E-state index in [2.05, 4.69) is 10.3 Å². The molecule has 0 saturated heterocycles. The van der Waals surface area contributed by atoms with Gasteiger partial charge in [-0.15, -0.1) is 23.1 Å². The zero-order valence-corrected chi connectivity index (χ0v) is 18.0. The van der Waals surface area contributed by atoms with Crippen LogP contribution >= 0.6 is 23.1 Å². The first-order chi connectivity index (χ1) is 14.5. The Morgan fingerprint density at radius 1 is 1.13 bits per heavy atom. The average molecular weight is 445 g/mol. The van der Waals surface area contributed by atoms with Crippen LogP contribution in [0.5, 0.6) is 0 Å². The Hall–Kier alpha value is -2.71. The van der Waals surface area contributed by atoms with Crippen molar-refractivity contribution < 1.29 is 18.7 Å². The van der Waals surface area contributed by atoms with Crippen LogP contribution < -0.4 is 5.32 Å². The maximum absolute atomic E-state index is 12.9. The molecule has 5 nitrogen and oxygen atoms in total. The molecule has 3 rings (SSSR count). The van der Waals surface area contributed by atoms with Gasteiger partial charge in [-0.25, -0.2) is 9.37 Å². The maximum atomic E-state index is 12.9. The third-order valence-electron chi connectivity index (χ3n) is 4.02. The molecule has 156 valence electrons. The van der Waals surface area contributed by atoms with E-state index >= 15 is 0 Å². The van der Waals surface area contributed by atoms with Crippen LogP contribution in [0.3, 0.4) is 0 Å². The highest BCUT2D eigenvalue weighted by Crippen LogP contribution is 2.19. The van der Waals surface area contributed by atoms with Gasteiger partial charge in [-0.2, -0.15) is 0 Å². The molecule has 3 aromatic rings. The molecule has 0 unspecified atom stereocenters. The number of thiazole rings is 1. The lowest BCUT2D eigenvalue weighted by Gasteiger charge is -2.04. The van der Waals surface area contributed by atoms with E-state index in [4.69, 9.17) is 4.74 Å². The largest absolute Gasteiger partial charge is 0.459 e. The number of halogens is 1. The molecule has 0 aliphatic carbocycles. The number of rotatable bonds is 9. The van der Waals surface area contributed by atoms with E-state index in [0.717, 1.165) is 16.1 Å². The van der Waals surface area contributed by atoms with Crippen molar-refractivity contribution in [2.75, 3.05) is 11.1 Å². The number of aryl methyl sites for hydroxylation is 1. The van der Waals surface area contributed by atoms with Crippen LogP contribution in [-0.4, -0.2) is 22.6 Å². The second kappa shape index (κ2) is 10.9. The Bertz CT molecular complexity index is 988. The zero-order chi connectivity index (χ0) is 21.3. The molecule has 0 aliphatic heterocycles. The fourth-order valence-electron chi connectivity index (χ4n) is 2.49. The minimum Gasteiger partial charge on any atom is -0.459 e. The normalized spacial score (nSPS) is 10.6. The number of ether oxygens (including phenoxy) is 1. The minimum absolute atomic E-state index is 0.0795. The van der Waals surface area contributed by atoms with Crippen molar-refractivity contribution in [1.82, 2.24) is 4.98 Å². The molecule has 2 aromatic carbocycles. The van der Waals surface area contributed by atoms with Gasteiger partial charge in [-0.1, -0.05) is 17.7 Å². The van der Waals surface area contributed by atoms with Crippen molar-refractivity contribution in [3.63, 3.8) is 0 Å². The number of esters is 1. The minimum atomic E-state index is -0.323. The van der Waals surface area contributed by atoms with Crippen LogP contribution in [0.4, 0.5) is 10.1 Å².